The standard InChI is InChI=1S/C30H35N3O3/c1-6-18-11-20-26(35)24(28-31-22-9-7-8-10-23(22)32-28)17(2)36-27(20)21(25(18)34)14-33-16-30(5)13-19(33)12-29(3,4)15-30/h7-11,19,34H,6,12-16H2,1-5H3,(H,31,32)/t19-,30+/m1/s1. The van der Waals surface area contributed by atoms with Crippen LogP contribution in [0.15, 0.2) is 39.5 Å². The molecule has 2 aliphatic rings. The van der Waals surface area contributed by atoms with Gasteiger partial charge in [0.15, 0.2) is 0 Å². The molecule has 2 aromatic carbocycles. The highest BCUT2D eigenvalue weighted by molar-refractivity contribution is 5.88. The van der Waals surface area contributed by atoms with Crippen molar-refractivity contribution in [1.29, 1.82) is 0 Å². The maximum atomic E-state index is 13.9. The fourth-order valence-electron chi connectivity index (χ4n) is 7.28. The molecule has 188 valence electrons. The van der Waals surface area contributed by atoms with Gasteiger partial charge in [-0.05, 0) is 67.2 Å². The molecule has 2 bridgehead atoms. The van der Waals surface area contributed by atoms with Crippen LogP contribution in [-0.4, -0.2) is 32.6 Å². The van der Waals surface area contributed by atoms with Crippen molar-refractivity contribution in [2.75, 3.05) is 6.54 Å². The lowest BCUT2D eigenvalue weighted by Gasteiger charge is -2.40. The number of aryl methyl sites for hydroxylation is 2. The first-order valence-electron chi connectivity index (χ1n) is 13.1. The van der Waals surface area contributed by atoms with Gasteiger partial charge in [-0.3, -0.25) is 9.69 Å². The number of aromatic hydroxyl groups is 1. The van der Waals surface area contributed by atoms with Crippen molar-refractivity contribution < 1.29 is 9.52 Å². The molecule has 2 aromatic heterocycles. The molecule has 4 aromatic rings. The van der Waals surface area contributed by atoms with E-state index in [-0.39, 0.29) is 16.6 Å². The van der Waals surface area contributed by atoms with Crippen molar-refractivity contribution in [1.82, 2.24) is 14.9 Å². The van der Waals surface area contributed by atoms with Crippen LogP contribution < -0.4 is 5.43 Å². The summed E-state index contributed by atoms with van der Waals surface area (Å²) in [4.78, 5) is 24.3. The van der Waals surface area contributed by atoms with E-state index in [1.807, 2.05) is 38.1 Å². The van der Waals surface area contributed by atoms with Crippen molar-refractivity contribution >= 4 is 22.0 Å². The number of fused-ring (bicyclic) bond motifs is 4. The first-order valence-corrected chi connectivity index (χ1v) is 13.1. The highest BCUT2D eigenvalue weighted by atomic mass is 16.3. The summed E-state index contributed by atoms with van der Waals surface area (Å²) in [5.74, 6) is 1.28. The van der Waals surface area contributed by atoms with Gasteiger partial charge in [0.1, 0.15) is 28.5 Å². The van der Waals surface area contributed by atoms with Gasteiger partial charge in [-0.2, -0.15) is 0 Å². The van der Waals surface area contributed by atoms with E-state index in [2.05, 4.69) is 35.6 Å². The highest BCUT2D eigenvalue weighted by Crippen LogP contribution is 2.53. The summed E-state index contributed by atoms with van der Waals surface area (Å²) in [6.45, 7) is 12.5. The molecule has 6 nitrogen and oxygen atoms in total. The third-order valence-corrected chi connectivity index (χ3v) is 8.40. The fraction of sp³-hybridized carbons (Fsp3) is 0.467. The molecule has 1 aliphatic heterocycles. The van der Waals surface area contributed by atoms with Crippen molar-refractivity contribution in [3.8, 4) is 17.1 Å². The number of aromatic amines is 1. The van der Waals surface area contributed by atoms with Crippen LogP contribution in [0.1, 0.15) is 63.8 Å². The monoisotopic (exact) mass is 485 g/mol. The van der Waals surface area contributed by atoms with E-state index in [0.29, 0.717) is 52.5 Å². The lowest BCUT2D eigenvalue weighted by Crippen LogP contribution is -2.34. The zero-order valence-corrected chi connectivity index (χ0v) is 21.9. The number of benzene rings is 2. The Kier molecular flexibility index (Phi) is 5.14. The number of nitrogens with one attached hydrogen (secondary N) is 1. The Balaban J connectivity index is 1.49. The molecule has 1 aliphatic carbocycles. The van der Waals surface area contributed by atoms with Crippen LogP contribution in [0.5, 0.6) is 5.75 Å². The number of para-hydroxylation sites is 2. The molecular formula is C30H35N3O3. The zero-order valence-electron chi connectivity index (χ0n) is 21.9. The van der Waals surface area contributed by atoms with Gasteiger partial charge in [-0.1, -0.05) is 39.8 Å². The minimum atomic E-state index is -0.114. The first kappa shape index (κ1) is 23.3. The Labute approximate surface area is 211 Å². The van der Waals surface area contributed by atoms with Gasteiger partial charge in [0.25, 0.3) is 0 Å². The largest absolute Gasteiger partial charge is 0.507 e. The molecule has 3 heterocycles. The van der Waals surface area contributed by atoms with Crippen molar-refractivity contribution in [2.45, 2.75) is 72.9 Å². The number of hydrogen-bond acceptors (Lipinski definition) is 5. The molecule has 6 rings (SSSR count). The summed E-state index contributed by atoms with van der Waals surface area (Å²) in [6, 6.07) is 10.0. The molecule has 2 fully saturated rings. The molecule has 2 N–H and O–H groups in total. The van der Waals surface area contributed by atoms with Crippen molar-refractivity contribution in [3.63, 3.8) is 0 Å². The van der Waals surface area contributed by atoms with E-state index < -0.39 is 0 Å². The normalized spacial score (nSPS) is 23.6. The Morgan fingerprint density at radius 2 is 2.00 bits per heavy atom. The van der Waals surface area contributed by atoms with Crippen molar-refractivity contribution in [2.24, 2.45) is 10.8 Å². The lowest BCUT2D eigenvalue weighted by molar-refractivity contribution is 0.126. The van der Waals surface area contributed by atoms with E-state index in [1.54, 1.807) is 6.07 Å². The number of phenols is 1. The Morgan fingerprint density at radius 1 is 1.22 bits per heavy atom. The third-order valence-electron chi connectivity index (χ3n) is 8.40. The minimum absolute atomic E-state index is 0.114. The van der Waals surface area contributed by atoms with E-state index >= 15 is 0 Å². The number of nitrogens with zero attached hydrogens (tertiary/aromatic N) is 2. The van der Waals surface area contributed by atoms with Gasteiger partial charge in [-0.25, -0.2) is 4.98 Å². The topological polar surface area (TPSA) is 82.4 Å². The molecule has 1 saturated heterocycles. The van der Waals surface area contributed by atoms with E-state index in [9.17, 15) is 9.90 Å². The second kappa shape index (κ2) is 7.94. The number of hydrogen-bond donors (Lipinski definition) is 2. The smallest absolute Gasteiger partial charge is 0.203 e. The lowest BCUT2D eigenvalue weighted by atomic mass is 9.65. The quantitative estimate of drug-likeness (QED) is 0.354. The predicted octanol–water partition coefficient (Wildman–Crippen LogP) is 6.31. The molecule has 2 atom stereocenters. The number of likely N-dealkylation sites (tertiary alicyclic amines) is 1. The first-order chi connectivity index (χ1) is 17.1. The second-order valence-corrected chi connectivity index (χ2v) is 12.2. The second-order valence-electron chi connectivity index (χ2n) is 12.2. The van der Waals surface area contributed by atoms with Crippen LogP contribution in [0, 0.1) is 17.8 Å². The van der Waals surface area contributed by atoms with Gasteiger partial charge in [0, 0.05) is 19.1 Å². The van der Waals surface area contributed by atoms with E-state index in [1.165, 1.54) is 12.8 Å². The maximum Gasteiger partial charge on any atom is 0.203 e. The third kappa shape index (κ3) is 3.65. The average molecular weight is 486 g/mol. The molecule has 0 unspecified atom stereocenters. The van der Waals surface area contributed by atoms with Crippen molar-refractivity contribution in [3.05, 3.63) is 57.4 Å². The number of H-pyrrole nitrogens is 1. The molecule has 0 spiro atoms. The van der Waals surface area contributed by atoms with Crippen LogP contribution >= 0.6 is 0 Å². The van der Waals surface area contributed by atoms with Crippen LogP contribution in [-0.2, 0) is 13.0 Å². The number of rotatable bonds is 4. The number of phenolic OH excluding ortho intramolecular Hbond substituents is 1. The average Bonchev–Trinajstić information content (AvgIpc) is 3.32. The SMILES string of the molecule is CCc1cc2c(=O)c(-c3nc4ccccc4[nH]3)c(C)oc2c(CN2C[C@@]3(C)C[C@H]2CC(C)(C)C3)c1O. The summed E-state index contributed by atoms with van der Waals surface area (Å²) in [5.41, 5.74) is 4.62. The molecule has 36 heavy (non-hydrogen) atoms. The molecular weight excluding hydrogens is 450 g/mol. The van der Waals surface area contributed by atoms with Gasteiger partial charge in [-0.15, -0.1) is 0 Å². The van der Waals surface area contributed by atoms with Gasteiger partial charge in [0.2, 0.25) is 5.43 Å². The Bertz CT molecular complexity index is 1530. The summed E-state index contributed by atoms with van der Waals surface area (Å²) < 4.78 is 6.38. The highest BCUT2D eigenvalue weighted by Gasteiger charge is 2.49. The molecule has 6 heteroatoms. The van der Waals surface area contributed by atoms with E-state index in [4.69, 9.17) is 4.42 Å². The van der Waals surface area contributed by atoms with Gasteiger partial charge >= 0.3 is 0 Å². The summed E-state index contributed by atoms with van der Waals surface area (Å²) in [7, 11) is 0. The Morgan fingerprint density at radius 3 is 2.75 bits per heavy atom. The molecule has 0 amide bonds. The zero-order chi connectivity index (χ0) is 25.4. The molecule has 0 radical (unpaired) electrons. The summed E-state index contributed by atoms with van der Waals surface area (Å²) in [6.07, 6.45) is 4.18. The van der Waals surface area contributed by atoms with E-state index in [0.717, 1.165) is 35.1 Å². The number of imidazole rings is 1. The van der Waals surface area contributed by atoms with Crippen LogP contribution in [0.2, 0.25) is 0 Å². The summed E-state index contributed by atoms with van der Waals surface area (Å²) >= 11 is 0. The van der Waals surface area contributed by atoms with Crippen LogP contribution in [0.25, 0.3) is 33.4 Å². The predicted molar refractivity (Wildman–Crippen MR) is 143 cm³/mol. The summed E-state index contributed by atoms with van der Waals surface area (Å²) in [5, 5.41) is 11.8. The Hall–Kier alpha value is -3.12. The fourth-order valence-corrected chi connectivity index (χ4v) is 7.28. The number of aromatic nitrogens is 2. The molecule has 1 saturated carbocycles. The van der Waals surface area contributed by atoms with Gasteiger partial charge < -0.3 is 14.5 Å². The maximum absolute atomic E-state index is 13.9. The van der Waals surface area contributed by atoms with Crippen LogP contribution in [0.4, 0.5) is 0 Å². The van der Waals surface area contributed by atoms with Crippen LogP contribution in [0.3, 0.4) is 0 Å². The minimum Gasteiger partial charge on any atom is -0.507 e. The van der Waals surface area contributed by atoms with Gasteiger partial charge in [0.05, 0.1) is 22.0 Å².